The van der Waals surface area contributed by atoms with Crippen molar-refractivity contribution in [1.82, 2.24) is 10.3 Å². The summed E-state index contributed by atoms with van der Waals surface area (Å²) in [6, 6.07) is 1.75. The van der Waals surface area contributed by atoms with Crippen molar-refractivity contribution in [2.75, 3.05) is 6.54 Å². The molecule has 0 saturated heterocycles. The number of aliphatic hydroxyl groups is 1. The summed E-state index contributed by atoms with van der Waals surface area (Å²) >= 11 is 0. The maximum atomic E-state index is 12.0. The van der Waals surface area contributed by atoms with Crippen LogP contribution in [0, 0.1) is 13.8 Å². The number of H-pyrrole nitrogens is 1. The molecule has 5 nitrogen and oxygen atoms in total. The van der Waals surface area contributed by atoms with Crippen LogP contribution in [0.2, 0.25) is 0 Å². The van der Waals surface area contributed by atoms with Gasteiger partial charge in [0.25, 0.3) is 11.5 Å². The molecule has 1 aromatic rings. The number of carbonyl (C=O) groups is 1. The lowest BCUT2D eigenvalue weighted by atomic mass is 9.97. The Bertz CT molecular complexity index is 516. The third-order valence-corrected chi connectivity index (χ3v) is 3.49. The number of nitrogens with one attached hydrogen (secondary N) is 2. The Morgan fingerprint density at radius 1 is 1.37 bits per heavy atom. The Kier molecular flexibility index (Phi) is 4.89. The number of hydrogen-bond acceptors (Lipinski definition) is 3. The first kappa shape index (κ1) is 15.4. The van der Waals surface area contributed by atoms with Gasteiger partial charge >= 0.3 is 0 Å². The maximum Gasteiger partial charge on any atom is 0.261 e. The van der Waals surface area contributed by atoms with Crippen LogP contribution in [-0.2, 0) is 0 Å². The standard InChI is InChI=1S/C14H22N2O3/c1-5-14(19,6-2)8-15-12(17)11-9(3)7-10(4)16-13(11)18/h7,19H,5-6,8H2,1-4H3,(H,15,17)(H,16,18). The molecule has 0 aliphatic carbocycles. The number of rotatable bonds is 5. The van der Waals surface area contributed by atoms with Crippen molar-refractivity contribution in [3.05, 3.63) is 33.2 Å². The van der Waals surface area contributed by atoms with E-state index in [-0.39, 0.29) is 12.1 Å². The highest BCUT2D eigenvalue weighted by Crippen LogP contribution is 2.13. The van der Waals surface area contributed by atoms with Crippen LogP contribution in [0.4, 0.5) is 0 Å². The summed E-state index contributed by atoms with van der Waals surface area (Å²) in [7, 11) is 0. The minimum Gasteiger partial charge on any atom is -0.388 e. The molecule has 0 bridgehead atoms. The van der Waals surface area contributed by atoms with E-state index in [1.165, 1.54) is 0 Å². The van der Waals surface area contributed by atoms with Crippen molar-refractivity contribution >= 4 is 5.91 Å². The molecule has 1 heterocycles. The minimum atomic E-state index is -0.916. The van der Waals surface area contributed by atoms with Crippen LogP contribution in [-0.4, -0.2) is 28.1 Å². The average Bonchev–Trinajstić information content (AvgIpc) is 2.34. The van der Waals surface area contributed by atoms with Crippen LogP contribution in [0.25, 0.3) is 0 Å². The van der Waals surface area contributed by atoms with E-state index in [0.29, 0.717) is 18.4 Å². The predicted molar refractivity (Wildman–Crippen MR) is 74.4 cm³/mol. The summed E-state index contributed by atoms with van der Waals surface area (Å²) in [5.41, 5.74) is 0.153. The fourth-order valence-corrected chi connectivity index (χ4v) is 1.97. The lowest BCUT2D eigenvalue weighted by Gasteiger charge is -2.25. The molecule has 0 saturated carbocycles. The first-order chi connectivity index (χ1) is 8.83. The molecular weight excluding hydrogens is 244 g/mol. The molecule has 5 heteroatoms. The van der Waals surface area contributed by atoms with Gasteiger partial charge < -0.3 is 15.4 Å². The van der Waals surface area contributed by atoms with Gasteiger partial charge in [0.05, 0.1) is 5.60 Å². The van der Waals surface area contributed by atoms with Crippen LogP contribution < -0.4 is 10.9 Å². The Labute approximate surface area is 113 Å². The fraction of sp³-hybridized carbons (Fsp3) is 0.571. The molecule has 19 heavy (non-hydrogen) atoms. The van der Waals surface area contributed by atoms with E-state index in [2.05, 4.69) is 10.3 Å². The summed E-state index contributed by atoms with van der Waals surface area (Å²) in [4.78, 5) is 26.4. The van der Waals surface area contributed by atoms with Gasteiger partial charge in [-0.05, 0) is 38.3 Å². The summed E-state index contributed by atoms with van der Waals surface area (Å²) in [6.07, 6.45) is 1.10. The van der Waals surface area contributed by atoms with Crippen LogP contribution >= 0.6 is 0 Å². The highest BCUT2D eigenvalue weighted by atomic mass is 16.3. The van der Waals surface area contributed by atoms with Crippen molar-refractivity contribution in [3.63, 3.8) is 0 Å². The zero-order valence-corrected chi connectivity index (χ0v) is 12.0. The van der Waals surface area contributed by atoms with Crippen LogP contribution in [0.15, 0.2) is 10.9 Å². The van der Waals surface area contributed by atoms with Crippen molar-refractivity contribution in [3.8, 4) is 0 Å². The van der Waals surface area contributed by atoms with Gasteiger partial charge in [0.1, 0.15) is 5.56 Å². The number of carbonyl (C=O) groups excluding carboxylic acids is 1. The van der Waals surface area contributed by atoms with Gasteiger partial charge in [-0.1, -0.05) is 13.8 Å². The Morgan fingerprint density at radius 3 is 2.42 bits per heavy atom. The zero-order valence-electron chi connectivity index (χ0n) is 12.0. The number of aryl methyl sites for hydroxylation is 2. The van der Waals surface area contributed by atoms with Gasteiger partial charge in [0, 0.05) is 12.2 Å². The third-order valence-electron chi connectivity index (χ3n) is 3.49. The first-order valence-electron chi connectivity index (χ1n) is 6.54. The normalized spacial score (nSPS) is 11.4. The van der Waals surface area contributed by atoms with Crippen molar-refractivity contribution in [2.24, 2.45) is 0 Å². The molecule has 0 aliphatic heterocycles. The summed E-state index contributed by atoms with van der Waals surface area (Å²) in [5.74, 6) is -0.445. The number of aromatic nitrogens is 1. The van der Waals surface area contributed by atoms with Gasteiger partial charge in [-0.25, -0.2) is 0 Å². The summed E-state index contributed by atoms with van der Waals surface area (Å²) in [6.45, 7) is 7.36. The van der Waals surface area contributed by atoms with Gasteiger partial charge in [0.15, 0.2) is 0 Å². The van der Waals surface area contributed by atoms with E-state index in [9.17, 15) is 14.7 Å². The Balaban J connectivity index is 2.89. The molecule has 0 aliphatic rings. The van der Waals surface area contributed by atoms with E-state index in [0.717, 1.165) is 5.69 Å². The molecule has 106 valence electrons. The van der Waals surface area contributed by atoms with E-state index in [1.807, 2.05) is 13.8 Å². The fourth-order valence-electron chi connectivity index (χ4n) is 1.97. The lowest BCUT2D eigenvalue weighted by molar-refractivity contribution is 0.0313. The molecule has 0 radical (unpaired) electrons. The monoisotopic (exact) mass is 266 g/mol. The molecule has 1 rings (SSSR count). The van der Waals surface area contributed by atoms with E-state index in [1.54, 1.807) is 19.9 Å². The number of hydrogen-bond donors (Lipinski definition) is 3. The second-order valence-electron chi connectivity index (χ2n) is 4.95. The summed E-state index contributed by atoms with van der Waals surface area (Å²) < 4.78 is 0. The molecule has 0 aromatic carbocycles. The molecular formula is C14H22N2O3. The van der Waals surface area contributed by atoms with Gasteiger partial charge in [-0.2, -0.15) is 0 Å². The smallest absolute Gasteiger partial charge is 0.261 e. The molecule has 0 spiro atoms. The average molecular weight is 266 g/mol. The van der Waals surface area contributed by atoms with Gasteiger partial charge in [0.2, 0.25) is 0 Å². The minimum absolute atomic E-state index is 0.111. The Hall–Kier alpha value is -1.62. The van der Waals surface area contributed by atoms with E-state index >= 15 is 0 Å². The van der Waals surface area contributed by atoms with Crippen LogP contribution in [0.5, 0.6) is 0 Å². The topological polar surface area (TPSA) is 82.2 Å². The maximum absolute atomic E-state index is 12.0. The van der Waals surface area contributed by atoms with Gasteiger partial charge in [-0.15, -0.1) is 0 Å². The summed E-state index contributed by atoms with van der Waals surface area (Å²) in [5, 5.41) is 12.7. The van der Waals surface area contributed by atoms with Crippen molar-refractivity contribution < 1.29 is 9.90 Å². The van der Waals surface area contributed by atoms with Crippen molar-refractivity contribution in [1.29, 1.82) is 0 Å². The SMILES string of the molecule is CCC(O)(CC)CNC(=O)c1c(C)cc(C)[nH]c1=O. The van der Waals surface area contributed by atoms with E-state index in [4.69, 9.17) is 0 Å². The molecule has 0 fully saturated rings. The highest BCUT2D eigenvalue weighted by Gasteiger charge is 2.24. The molecule has 0 unspecified atom stereocenters. The number of amides is 1. The number of aromatic amines is 1. The first-order valence-corrected chi connectivity index (χ1v) is 6.54. The predicted octanol–water partition coefficient (Wildman–Crippen LogP) is 1.27. The quantitative estimate of drug-likeness (QED) is 0.750. The van der Waals surface area contributed by atoms with E-state index < -0.39 is 17.1 Å². The van der Waals surface area contributed by atoms with Gasteiger partial charge in [-0.3, -0.25) is 9.59 Å². The molecule has 1 aromatic heterocycles. The molecule has 0 atom stereocenters. The second-order valence-corrected chi connectivity index (χ2v) is 4.95. The highest BCUT2D eigenvalue weighted by molar-refractivity contribution is 5.95. The lowest BCUT2D eigenvalue weighted by Crippen LogP contribution is -2.43. The van der Waals surface area contributed by atoms with Crippen molar-refractivity contribution in [2.45, 2.75) is 46.1 Å². The number of pyridine rings is 1. The van der Waals surface area contributed by atoms with Crippen LogP contribution in [0.3, 0.4) is 0 Å². The zero-order chi connectivity index (χ0) is 14.6. The molecule has 3 N–H and O–H groups in total. The second kappa shape index (κ2) is 6.02. The van der Waals surface area contributed by atoms with Crippen LogP contribution in [0.1, 0.15) is 48.3 Å². The molecule has 1 amide bonds. The Morgan fingerprint density at radius 2 is 1.95 bits per heavy atom. The largest absolute Gasteiger partial charge is 0.388 e. The third kappa shape index (κ3) is 3.67.